The van der Waals surface area contributed by atoms with Gasteiger partial charge in [0.15, 0.2) is 0 Å². The molecule has 38 heavy (non-hydrogen) atoms. The van der Waals surface area contributed by atoms with Gasteiger partial charge in [-0.15, -0.1) is 0 Å². The minimum absolute atomic E-state index is 0.0282. The van der Waals surface area contributed by atoms with Crippen LogP contribution in [0.3, 0.4) is 0 Å². The van der Waals surface area contributed by atoms with E-state index in [1.54, 1.807) is 11.2 Å². The van der Waals surface area contributed by atoms with E-state index in [4.69, 9.17) is 9.41 Å². The zero-order chi connectivity index (χ0) is 26.5. The molecule has 3 aliphatic rings. The molecule has 1 spiro atoms. The van der Waals surface area contributed by atoms with Crippen molar-refractivity contribution in [2.24, 2.45) is 10.9 Å². The van der Waals surface area contributed by atoms with Crippen molar-refractivity contribution >= 4 is 28.6 Å². The van der Waals surface area contributed by atoms with Gasteiger partial charge in [0.2, 0.25) is 5.91 Å². The van der Waals surface area contributed by atoms with Crippen LogP contribution in [0, 0.1) is 5.92 Å². The van der Waals surface area contributed by atoms with E-state index >= 15 is 0 Å². The van der Waals surface area contributed by atoms with Gasteiger partial charge in [0.25, 0.3) is 5.91 Å². The Morgan fingerprint density at radius 3 is 2.47 bits per heavy atom. The maximum Gasteiger partial charge on any atom is 0.397 e. The normalized spacial score (nSPS) is 21.2. The summed E-state index contributed by atoms with van der Waals surface area (Å²) in [5.41, 5.74) is 2.99. The third-order valence-electron chi connectivity index (χ3n) is 8.01. The Labute approximate surface area is 218 Å². The van der Waals surface area contributed by atoms with Crippen molar-refractivity contribution in [1.82, 2.24) is 9.80 Å². The van der Waals surface area contributed by atoms with Gasteiger partial charge in [0.05, 0.1) is 6.26 Å². The molecule has 0 bridgehead atoms. The predicted molar refractivity (Wildman–Crippen MR) is 136 cm³/mol. The standard InChI is InChI=1S/C29H28F3N3O3/c30-29(31,32)16-25(36)34-13-9-19(17-34)18-35-26(33-28(27(35)37)11-1-2-12-28)21-5-3-20(4-6-21)22-7-8-24-23(15-22)10-14-38-24/h3-8,10,14-15,19H,1-2,9,11-13,16-18H2/t19-/m1/s1. The average Bonchev–Trinajstić information content (AvgIpc) is 3.68. The Bertz CT molecular complexity index is 1400. The fourth-order valence-electron chi connectivity index (χ4n) is 6.04. The van der Waals surface area contributed by atoms with Crippen LogP contribution in [0.1, 0.15) is 44.1 Å². The van der Waals surface area contributed by atoms with Crippen molar-refractivity contribution in [1.29, 1.82) is 0 Å². The molecule has 198 valence electrons. The maximum atomic E-state index is 13.7. The highest BCUT2D eigenvalue weighted by Crippen LogP contribution is 2.41. The van der Waals surface area contributed by atoms with Crippen LogP contribution in [0.5, 0.6) is 0 Å². The van der Waals surface area contributed by atoms with Gasteiger partial charge >= 0.3 is 6.18 Å². The highest BCUT2D eigenvalue weighted by atomic mass is 19.4. The summed E-state index contributed by atoms with van der Waals surface area (Å²) >= 11 is 0. The molecule has 3 heterocycles. The summed E-state index contributed by atoms with van der Waals surface area (Å²) in [6, 6.07) is 15.9. The van der Waals surface area contributed by atoms with Gasteiger partial charge in [-0.3, -0.25) is 19.5 Å². The van der Waals surface area contributed by atoms with Crippen molar-refractivity contribution in [3.63, 3.8) is 0 Å². The quantitative estimate of drug-likeness (QED) is 0.425. The molecule has 1 saturated heterocycles. The number of carbonyl (C=O) groups is 2. The molecular formula is C29H28F3N3O3. The SMILES string of the molecule is O=C(CC(F)(F)F)N1CC[C@@H](CN2C(=O)C3(CCCC3)N=C2c2ccc(-c3ccc4occc4c3)cc2)C1. The monoisotopic (exact) mass is 523 g/mol. The lowest BCUT2D eigenvalue weighted by Gasteiger charge is -2.25. The van der Waals surface area contributed by atoms with Gasteiger partial charge in [0, 0.05) is 30.6 Å². The number of nitrogens with zero attached hydrogens (tertiary/aromatic N) is 3. The zero-order valence-electron chi connectivity index (χ0n) is 20.8. The third-order valence-corrected chi connectivity index (χ3v) is 8.01. The summed E-state index contributed by atoms with van der Waals surface area (Å²) in [4.78, 5) is 33.7. The number of carbonyl (C=O) groups excluding carboxylic acids is 2. The van der Waals surface area contributed by atoms with Crippen molar-refractivity contribution in [3.8, 4) is 11.1 Å². The summed E-state index contributed by atoms with van der Waals surface area (Å²) in [6.07, 6.45) is -0.461. The molecule has 2 aromatic carbocycles. The Morgan fingerprint density at radius 1 is 1.03 bits per heavy atom. The Morgan fingerprint density at radius 2 is 1.74 bits per heavy atom. The van der Waals surface area contributed by atoms with E-state index in [0.29, 0.717) is 31.6 Å². The molecule has 3 aromatic rings. The van der Waals surface area contributed by atoms with Crippen LogP contribution in [0.25, 0.3) is 22.1 Å². The van der Waals surface area contributed by atoms with Crippen molar-refractivity contribution < 1.29 is 27.2 Å². The number of furan rings is 1. The number of amides is 2. The summed E-state index contributed by atoms with van der Waals surface area (Å²) in [5, 5.41) is 1.02. The Kier molecular flexibility index (Phi) is 6.04. The zero-order valence-corrected chi connectivity index (χ0v) is 20.8. The van der Waals surface area contributed by atoms with Crippen molar-refractivity contribution in [3.05, 3.63) is 60.4 Å². The second kappa shape index (κ2) is 9.29. The number of amidine groups is 1. The molecule has 2 fully saturated rings. The third kappa shape index (κ3) is 4.59. The smallest absolute Gasteiger partial charge is 0.397 e. The molecule has 0 unspecified atom stereocenters. The van der Waals surface area contributed by atoms with Crippen molar-refractivity contribution in [2.75, 3.05) is 19.6 Å². The number of alkyl halides is 3. The van der Waals surface area contributed by atoms with E-state index in [1.807, 2.05) is 42.5 Å². The number of aliphatic imine (C=N–C) groups is 1. The van der Waals surface area contributed by atoms with Crippen LogP contribution in [-0.2, 0) is 9.59 Å². The molecule has 6 nitrogen and oxygen atoms in total. The molecule has 1 saturated carbocycles. The first kappa shape index (κ1) is 24.7. The number of hydrogen-bond acceptors (Lipinski definition) is 4. The van der Waals surface area contributed by atoms with E-state index < -0.39 is 24.0 Å². The fourth-order valence-corrected chi connectivity index (χ4v) is 6.04. The number of likely N-dealkylation sites (tertiary alicyclic amines) is 1. The minimum Gasteiger partial charge on any atom is -0.464 e. The van der Waals surface area contributed by atoms with Crippen LogP contribution < -0.4 is 0 Å². The molecular weight excluding hydrogens is 495 g/mol. The van der Waals surface area contributed by atoms with E-state index in [9.17, 15) is 22.8 Å². The first-order valence-corrected chi connectivity index (χ1v) is 13.1. The van der Waals surface area contributed by atoms with Gasteiger partial charge in [-0.05, 0) is 54.5 Å². The average molecular weight is 524 g/mol. The number of hydrogen-bond donors (Lipinski definition) is 0. The Hall–Kier alpha value is -3.62. The summed E-state index contributed by atoms with van der Waals surface area (Å²) < 4.78 is 43.6. The van der Waals surface area contributed by atoms with Gasteiger partial charge in [0.1, 0.15) is 23.4 Å². The topological polar surface area (TPSA) is 66.1 Å². The highest BCUT2D eigenvalue weighted by Gasteiger charge is 2.50. The highest BCUT2D eigenvalue weighted by molar-refractivity contribution is 6.15. The Balaban J connectivity index is 1.23. The van der Waals surface area contributed by atoms with Gasteiger partial charge in [-0.1, -0.05) is 43.2 Å². The second-order valence-electron chi connectivity index (χ2n) is 10.6. The summed E-state index contributed by atoms with van der Waals surface area (Å²) in [5.74, 6) is -0.412. The molecule has 1 aromatic heterocycles. The fraction of sp³-hybridized carbons (Fsp3) is 0.414. The van der Waals surface area contributed by atoms with E-state index in [0.717, 1.165) is 40.5 Å². The van der Waals surface area contributed by atoms with Crippen LogP contribution >= 0.6 is 0 Å². The maximum absolute atomic E-state index is 13.7. The first-order valence-electron chi connectivity index (χ1n) is 13.1. The largest absolute Gasteiger partial charge is 0.464 e. The van der Waals surface area contributed by atoms with E-state index in [1.165, 1.54) is 4.90 Å². The number of benzene rings is 2. The number of fused-ring (bicyclic) bond motifs is 1. The number of halogens is 3. The molecule has 0 radical (unpaired) electrons. The molecule has 2 amide bonds. The molecule has 9 heteroatoms. The molecule has 1 atom stereocenters. The van der Waals surface area contributed by atoms with Crippen LogP contribution in [0.2, 0.25) is 0 Å². The molecule has 1 aliphatic carbocycles. The predicted octanol–water partition coefficient (Wildman–Crippen LogP) is 5.80. The lowest BCUT2D eigenvalue weighted by atomic mass is 9.97. The minimum atomic E-state index is -4.52. The van der Waals surface area contributed by atoms with Crippen LogP contribution in [0.4, 0.5) is 13.2 Å². The number of rotatable bonds is 5. The molecule has 2 aliphatic heterocycles. The molecule has 0 N–H and O–H groups in total. The van der Waals surface area contributed by atoms with E-state index in [2.05, 4.69) is 6.07 Å². The first-order chi connectivity index (χ1) is 18.2. The lowest BCUT2D eigenvalue weighted by molar-refractivity contribution is -0.160. The van der Waals surface area contributed by atoms with E-state index in [-0.39, 0.29) is 24.9 Å². The van der Waals surface area contributed by atoms with Gasteiger partial charge in [-0.2, -0.15) is 13.2 Å². The summed E-state index contributed by atoms with van der Waals surface area (Å²) in [7, 11) is 0. The van der Waals surface area contributed by atoms with Crippen molar-refractivity contribution in [2.45, 2.75) is 50.2 Å². The van der Waals surface area contributed by atoms with Gasteiger partial charge in [-0.25, -0.2) is 0 Å². The van der Waals surface area contributed by atoms with Gasteiger partial charge < -0.3 is 9.32 Å². The summed E-state index contributed by atoms with van der Waals surface area (Å²) in [6.45, 7) is 0.831. The molecule has 6 rings (SSSR count). The second-order valence-corrected chi connectivity index (χ2v) is 10.6. The van der Waals surface area contributed by atoms with Crippen LogP contribution in [-0.4, -0.2) is 58.8 Å². The lowest BCUT2D eigenvalue weighted by Crippen LogP contribution is -2.44. The van der Waals surface area contributed by atoms with Crippen LogP contribution in [0.15, 0.2) is 64.2 Å².